The maximum Gasteiger partial charge on any atom is 0.244 e. The first kappa shape index (κ1) is 9.79. The van der Waals surface area contributed by atoms with Gasteiger partial charge < -0.3 is 5.32 Å². The minimum Gasteiger partial charge on any atom is -0.339 e. The molecule has 2 rings (SSSR count). The molecular weight excluding hydrogens is 219 g/mol. The van der Waals surface area contributed by atoms with Crippen LogP contribution in [-0.4, -0.2) is 15.2 Å². The van der Waals surface area contributed by atoms with Gasteiger partial charge in [0.2, 0.25) is 5.28 Å². The molecule has 0 spiro atoms. The summed E-state index contributed by atoms with van der Waals surface area (Å²) in [6.45, 7) is 0. The third kappa shape index (κ3) is 2.60. The average Bonchev–Trinajstić information content (AvgIpc) is 2.22. The summed E-state index contributed by atoms with van der Waals surface area (Å²) in [5.74, 6) is 0.168. The van der Waals surface area contributed by atoms with E-state index in [-0.39, 0.29) is 11.1 Å². The van der Waals surface area contributed by atoms with E-state index < -0.39 is 0 Å². The van der Waals surface area contributed by atoms with Crippen molar-refractivity contribution in [2.75, 3.05) is 5.32 Å². The first-order chi connectivity index (χ1) is 7.24. The molecule has 1 aromatic carbocycles. The van der Waals surface area contributed by atoms with Crippen molar-refractivity contribution in [1.29, 1.82) is 0 Å². The average molecular weight is 225 g/mol. The Morgan fingerprint density at radius 2 is 1.93 bits per heavy atom. The standard InChI is InChI=1S/C9H6ClFN4/c10-9-14-8(5-12-15-9)13-7-3-1-6(11)2-4-7/h1-5H,(H,13,14,15). The maximum absolute atomic E-state index is 12.6. The van der Waals surface area contributed by atoms with Crippen LogP contribution in [0, 0.1) is 5.82 Å². The van der Waals surface area contributed by atoms with Crippen LogP contribution in [0.3, 0.4) is 0 Å². The molecule has 0 amide bonds. The molecule has 0 bridgehead atoms. The van der Waals surface area contributed by atoms with E-state index in [2.05, 4.69) is 20.5 Å². The number of anilines is 2. The van der Waals surface area contributed by atoms with Gasteiger partial charge in [-0.05, 0) is 35.9 Å². The number of aromatic nitrogens is 3. The molecule has 0 aliphatic carbocycles. The lowest BCUT2D eigenvalue weighted by atomic mass is 10.3. The Labute approximate surface area is 90.1 Å². The third-order valence-corrected chi connectivity index (χ3v) is 1.81. The number of hydrogen-bond acceptors (Lipinski definition) is 4. The van der Waals surface area contributed by atoms with Gasteiger partial charge in [-0.25, -0.2) is 4.39 Å². The van der Waals surface area contributed by atoms with E-state index in [4.69, 9.17) is 11.6 Å². The van der Waals surface area contributed by atoms with Crippen molar-refractivity contribution in [2.45, 2.75) is 0 Å². The largest absolute Gasteiger partial charge is 0.339 e. The van der Waals surface area contributed by atoms with Gasteiger partial charge in [-0.2, -0.15) is 10.1 Å². The Hall–Kier alpha value is -1.75. The van der Waals surface area contributed by atoms with Crippen LogP contribution >= 0.6 is 11.6 Å². The van der Waals surface area contributed by atoms with Crippen LogP contribution in [0.1, 0.15) is 0 Å². The Balaban J connectivity index is 2.18. The SMILES string of the molecule is Fc1ccc(Nc2cnnc(Cl)n2)cc1. The van der Waals surface area contributed by atoms with E-state index in [9.17, 15) is 4.39 Å². The van der Waals surface area contributed by atoms with Crippen molar-refractivity contribution in [3.63, 3.8) is 0 Å². The highest BCUT2D eigenvalue weighted by Gasteiger charge is 1.98. The van der Waals surface area contributed by atoms with Gasteiger partial charge in [0, 0.05) is 5.69 Å². The fraction of sp³-hybridized carbons (Fsp3) is 0. The molecule has 0 saturated carbocycles. The van der Waals surface area contributed by atoms with Crippen LogP contribution in [0.25, 0.3) is 0 Å². The van der Waals surface area contributed by atoms with Crippen LogP contribution < -0.4 is 5.32 Å². The molecule has 0 unspecified atom stereocenters. The van der Waals surface area contributed by atoms with E-state index in [0.717, 1.165) is 0 Å². The smallest absolute Gasteiger partial charge is 0.244 e. The molecule has 0 radical (unpaired) electrons. The number of nitrogens with one attached hydrogen (secondary N) is 1. The van der Waals surface area contributed by atoms with Crippen LogP contribution in [0.2, 0.25) is 5.28 Å². The normalized spacial score (nSPS) is 10.0. The lowest BCUT2D eigenvalue weighted by Gasteiger charge is -2.03. The third-order valence-electron chi connectivity index (χ3n) is 1.65. The summed E-state index contributed by atoms with van der Waals surface area (Å²) in [6.07, 6.45) is 1.43. The van der Waals surface area contributed by atoms with Gasteiger partial charge in [0.15, 0.2) is 5.82 Å². The second-order valence-electron chi connectivity index (χ2n) is 2.74. The van der Waals surface area contributed by atoms with Crippen molar-refractivity contribution in [1.82, 2.24) is 15.2 Å². The highest BCUT2D eigenvalue weighted by atomic mass is 35.5. The van der Waals surface area contributed by atoms with Crippen molar-refractivity contribution in [3.05, 3.63) is 41.6 Å². The monoisotopic (exact) mass is 224 g/mol. The van der Waals surface area contributed by atoms with E-state index in [0.29, 0.717) is 11.5 Å². The summed E-state index contributed by atoms with van der Waals surface area (Å²) in [4.78, 5) is 3.88. The zero-order chi connectivity index (χ0) is 10.7. The first-order valence-corrected chi connectivity index (χ1v) is 4.49. The van der Waals surface area contributed by atoms with Gasteiger partial charge in [0.05, 0.1) is 6.20 Å². The van der Waals surface area contributed by atoms with Crippen LogP contribution in [0.4, 0.5) is 15.9 Å². The minimum absolute atomic E-state index is 0.0575. The molecule has 15 heavy (non-hydrogen) atoms. The van der Waals surface area contributed by atoms with E-state index >= 15 is 0 Å². The first-order valence-electron chi connectivity index (χ1n) is 4.12. The molecule has 0 fully saturated rings. The predicted octanol–water partition coefficient (Wildman–Crippen LogP) is 2.41. The van der Waals surface area contributed by atoms with Gasteiger partial charge in [-0.3, -0.25) is 0 Å². The number of nitrogens with zero attached hydrogens (tertiary/aromatic N) is 3. The quantitative estimate of drug-likeness (QED) is 0.851. The van der Waals surface area contributed by atoms with Crippen LogP contribution in [0.5, 0.6) is 0 Å². The molecule has 1 heterocycles. The molecule has 1 N–H and O–H groups in total. The van der Waals surface area contributed by atoms with Gasteiger partial charge in [0.1, 0.15) is 5.82 Å². The summed E-state index contributed by atoms with van der Waals surface area (Å²) < 4.78 is 12.6. The highest BCUT2D eigenvalue weighted by Crippen LogP contribution is 2.14. The molecule has 0 saturated heterocycles. The van der Waals surface area contributed by atoms with Crippen molar-refractivity contribution in [2.24, 2.45) is 0 Å². The molecule has 1 aromatic heterocycles. The molecule has 4 nitrogen and oxygen atoms in total. The van der Waals surface area contributed by atoms with Gasteiger partial charge >= 0.3 is 0 Å². The van der Waals surface area contributed by atoms with Crippen LogP contribution in [0.15, 0.2) is 30.5 Å². The van der Waals surface area contributed by atoms with E-state index in [1.165, 1.54) is 18.3 Å². The second kappa shape index (κ2) is 4.18. The Kier molecular flexibility index (Phi) is 2.73. The summed E-state index contributed by atoms with van der Waals surface area (Å²) >= 11 is 5.55. The molecule has 0 aliphatic rings. The fourth-order valence-corrected chi connectivity index (χ4v) is 1.16. The summed E-state index contributed by atoms with van der Waals surface area (Å²) in [5.41, 5.74) is 0.702. The zero-order valence-electron chi connectivity index (χ0n) is 7.48. The predicted molar refractivity (Wildman–Crippen MR) is 54.5 cm³/mol. The Bertz CT molecular complexity index is 460. The minimum atomic E-state index is -0.292. The maximum atomic E-state index is 12.6. The number of rotatable bonds is 2. The molecule has 2 aromatic rings. The summed E-state index contributed by atoms with van der Waals surface area (Å²) in [5, 5.41) is 10.1. The molecule has 76 valence electrons. The molecule has 0 atom stereocenters. The number of halogens is 2. The number of hydrogen-bond donors (Lipinski definition) is 1. The molecule has 0 aliphatic heterocycles. The van der Waals surface area contributed by atoms with E-state index in [1.54, 1.807) is 12.1 Å². The van der Waals surface area contributed by atoms with Crippen LogP contribution in [-0.2, 0) is 0 Å². The zero-order valence-corrected chi connectivity index (χ0v) is 8.24. The lowest BCUT2D eigenvalue weighted by molar-refractivity contribution is 0.628. The van der Waals surface area contributed by atoms with Gasteiger partial charge in [-0.1, -0.05) is 0 Å². The van der Waals surface area contributed by atoms with Gasteiger partial charge in [-0.15, -0.1) is 5.10 Å². The number of benzene rings is 1. The van der Waals surface area contributed by atoms with Gasteiger partial charge in [0.25, 0.3) is 0 Å². The highest BCUT2D eigenvalue weighted by molar-refractivity contribution is 6.28. The second-order valence-corrected chi connectivity index (χ2v) is 3.08. The Morgan fingerprint density at radius 3 is 2.60 bits per heavy atom. The van der Waals surface area contributed by atoms with Crippen molar-refractivity contribution < 1.29 is 4.39 Å². The fourth-order valence-electron chi connectivity index (χ4n) is 1.02. The van der Waals surface area contributed by atoms with E-state index in [1.807, 2.05) is 0 Å². The molecule has 6 heteroatoms. The van der Waals surface area contributed by atoms with Crippen molar-refractivity contribution >= 4 is 23.1 Å². The summed E-state index contributed by atoms with van der Waals surface area (Å²) in [6, 6.07) is 5.87. The summed E-state index contributed by atoms with van der Waals surface area (Å²) in [7, 11) is 0. The molecular formula is C9H6ClFN4. The topological polar surface area (TPSA) is 50.7 Å². The van der Waals surface area contributed by atoms with Crippen molar-refractivity contribution in [3.8, 4) is 0 Å². The Morgan fingerprint density at radius 1 is 1.20 bits per heavy atom. The lowest BCUT2D eigenvalue weighted by Crippen LogP contribution is -1.96.